The molecule has 0 rings (SSSR count). The molecule has 0 spiro atoms. The van der Waals surface area contributed by atoms with Crippen LogP contribution in [0.3, 0.4) is 0 Å². The van der Waals surface area contributed by atoms with Crippen molar-refractivity contribution >= 4 is 7.60 Å². The van der Waals surface area contributed by atoms with E-state index in [2.05, 4.69) is 31.2 Å². The van der Waals surface area contributed by atoms with Gasteiger partial charge in [0.25, 0.3) is 0 Å². The number of unbranched alkanes of at least 4 members (excludes halogenated alkanes) is 15. The molecule has 0 aliphatic rings. The van der Waals surface area contributed by atoms with Crippen LogP contribution in [0.4, 0.5) is 0 Å². The molecule has 3 N–H and O–H groups in total. The molecule has 5 nitrogen and oxygen atoms in total. The predicted molar refractivity (Wildman–Crippen MR) is 152 cm³/mol. The van der Waals surface area contributed by atoms with Gasteiger partial charge in [-0.2, -0.15) is 0 Å². The minimum atomic E-state index is -4.56. The van der Waals surface area contributed by atoms with E-state index in [9.17, 15) is 19.5 Å². The van der Waals surface area contributed by atoms with Gasteiger partial charge < -0.3 is 19.4 Å². The first-order valence-electron chi connectivity index (χ1n) is 14.4. The summed E-state index contributed by atoms with van der Waals surface area (Å²) in [6.07, 6.45) is 31.3. The fraction of sp³-hybridized carbons (Fsp3) is 0.862. The van der Waals surface area contributed by atoms with Crippen LogP contribution >= 0.6 is 7.60 Å². The topological polar surface area (TPSA) is 77.8 Å². The summed E-state index contributed by atoms with van der Waals surface area (Å²) in [5.41, 5.74) is 0. The Morgan fingerprint density at radius 3 is 1.31 bits per heavy atom. The van der Waals surface area contributed by atoms with Crippen molar-refractivity contribution in [2.75, 3.05) is 27.7 Å². The molecular formula is C29H59NO4P+. The molecule has 0 amide bonds. The average molecular weight is 517 g/mol. The molecule has 0 bridgehead atoms. The maximum atomic E-state index is 11.8. The Morgan fingerprint density at radius 1 is 0.629 bits per heavy atom. The van der Waals surface area contributed by atoms with Gasteiger partial charge in [0.05, 0.1) is 21.1 Å². The van der Waals surface area contributed by atoms with Crippen LogP contribution in [0.25, 0.3) is 0 Å². The predicted octanol–water partition coefficient (Wildman–Crippen LogP) is 8.10. The minimum Gasteiger partial charge on any atom is -0.373 e. The molecule has 0 aromatic heterocycles. The van der Waals surface area contributed by atoms with E-state index in [1.807, 2.05) is 21.1 Å². The lowest BCUT2D eigenvalue weighted by Crippen LogP contribution is -2.49. The molecule has 0 aromatic rings. The normalized spacial score (nSPS) is 14.8. The van der Waals surface area contributed by atoms with Crippen molar-refractivity contribution in [1.82, 2.24) is 0 Å². The first-order valence-corrected chi connectivity index (χ1v) is 16.0. The molecule has 35 heavy (non-hydrogen) atoms. The molecular weight excluding hydrogens is 457 g/mol. The van der Waals surface area contributed by atoms with Crippen molar-refractivity contribution in [3.05, 3.63) is 24.3 Å². The average Bonchev–Trinajstić information content (AvgIpc) is 2.75. The molecule has 6 heteroatoms. The summed E-state index contributed by atoms with van der Waals surface area (Å²) in [6, 6.07) is 0. The molecule has 0 fully saturated rings. The van der Waals surface area contributed by atoms with Crippen LogP contribution in [0.5, 0.6) is 0 Å². The molecule has 0 saturated heterocycles. The SMILES string of the molecule is CCCCCC/C=C\CCCCCCCC/C=C\CCCCCCC(O)(C[N+](C)(C)C)P(=O)(O)O. The first-order chi connectivity index (χ1) is 16.5. The number of hydrogen-bond acceptors (Lipinski definition) is 2. The smallest absolute Gasteiger partial charge is 0.362 e. The Bertz CT molecular complexity index is 594. The highest BCUT2D eigenvalue weighted by molar-refractivity contribution is 7.53. The van der Waals surface area contributed by atoms with Crippen molar-refractivity contribution in [2.24, 2.45) is 0 Å². The quantitative estimate of drug-likeness (QED) is 0.0524. The van der Waals surface area contributed by atoms with E-state index < -0.39 is 12.9 Å². The minimum absolute atomic E-state index is 0.0522. The van der Waals surface area contributed by atoms with Gasteiger partial charge in [-0.3, -0.25) is 4.57 Å². The zero-order chi connectivity index (χ0) is 26.5. The van der Waals surface area contributed by atoms with E-state index in [0.29, 0.717) is 10.9 Å². The van der Waals surface area contributed by atoms with Crippen molar-refractivity contribution in [3.8, 4) is 0 Å². The van der Waals surface area contributed by atoms with Crippen molar-refractivity contribution in [1.29, 1.82) is 0 Å². The number of nitrogens with zero attached hydrogens (tertiary/aromatic N) is 1. The monoisotopic (exact) mass is 516 g/mol. The number of rotatable bonds is 24. The molecule has 208 valence electrons. The second-order valence-corrected chi connectivity index (χ2v) is 13.3. The van der Waals surface area contributed by atoms with Crippen molar-refractivity contribution in [3.63, 3.8) is 0 Å². The second-order valence-electron chi connectivity index (χ2n) is 11.4. The van der Waals surface area contributed by atoms with Gasteiger partial charge in [-0.1, -0.05) is 89.0 Å². The zero-order valence-electron chi connectivity index (χ0n) is 23.6. The Labute approximate surface area is 217 Å². The van der Waals surface area contributed by atoms with Crippen molar-refractivity contribution < 1.29 is 23.9 Å². The number of allylic oxidation sites excluding steroid dienone is 4. The Kier molecular flexibility index (Phi) is 20.3. The van der Waals surface area contributed by atoms with Gasteiger partial charge in [0.1, 0.15) is 6.54 Å². The summed E-state index contributed by atoms with van der Waals surface area (Å²) in [6.45, 7) is 2.31. The van der Waals surface area contributed by atoms with E-state index in [1.54, 1.807) is 0 Å². The molecule has 0 heterocycles. The van der Waals surface area contributed by atoms with Gasteiger partial charge in [-0.05, 0) is 64.2 Å². The zero-order valence-corrected chi connectivity index (χ0v) is 24.5. The molecule has 1 atom stereocenters. The van der Waals surface area contributed by atoms with E-state index in [4.69, 9.17) is 0 Å². The van der Waals surface area contributed by atoms with Gasteiger partial charge in [0, 0.05) is 0 Å². The fourth-order valence-electron chi connectivity index (χ4n) is 4.49. The lowest BCUT2D eigenvalue weighted by atomic mass is 10.1. The highest BCUT2D eigenvalue weighted by atomic mass is 31.2. The summed E-state index contributed by atoms with van der Waals surface area (Å²) < 4.78 is 12.1. The maximum absolute atomic E-state index is 11.8. The van der Waals surface area contributed by atoms with Gasteiger partial charge in [0.2, 0.25) is 5.34 Å². The van der Waals surface area contributed by atoms with Crippen LogP contribution in [0.15, 0.2) is 24.3 Å². The van der Waals surface area contributed by atoms with E-state index >= 15 is 0 Å². The highest BCUT2D eigenvalue weighted by Crippen LogP contribution is 2.52. The van der Waals surface area contributed by atoms with Crippen LogP contribution in [0, 0.1) is 0 Å². The standard InChI is InChI=1S/C29H58NO4P/c1-5-6-7-8-9-10-11-12-13-14-15-16-17-18-19-20-21-22-23-24-25-26-27-29(31,35(32,33)34)28-30(2,3)4/h10-11,20-21,31H,5-9,12-19,22-28H2,1-4H3,(H-,32,33,34)/p+1/b11-10-,21-20-. The molecule has 1 unspecified atom stereocenters. The van der Waals surface area contributed by atoms with E-state index in [-0.39, 0.29) is 13.0 Å². The molecule has 0 aliphatic carbocycles. The van der Waals surface area contributed by atoms with E-state index in [1.165, 1.54) is 83.5 Å². The van der Waals surface area contributed by atoms with Crippen LogP contribution in [0.1, 0.15) is 129 Å². The van der Waals surface area contributed by atoms with Crippen molar-refractivity contribution in [2.45, 2.75) is 134 Å². The third kappa shape index (κ3) is 21.4. The van der Waals surface area contributed by atoms with Gasteiger partial charge in [0.15, 0.2) is 0 Å². The van der Waals surface area contributed by atoms with Gasteiger partial charge >= 0.3 is 7.60 Å². The summed E-state index contributed by atoms with van der Waals surface area (Å²) >= 11 is 0. The summed E-state index contributed by atoms with van der Waals surface area (Å²) in [5, 5.41) is 8.64. The molecule has 0 radical (unpaired) electrons. The molecule has 0 saturated carbocycles. The lowest BCUT2D eigenvalue weighted by Gasteiger charge is -2.35. The Morgan fingerprint density at radius 2 is 0.971 bits per heavy atom. The second kappa shape index (κ2) is 20.6. The van der Waals surface area contributed by atoms with Gasteiger partial charge in [-0.15, -0.1) is 0 Å². The Hall–Kier alpha value is -0.450. The van der Waals surface area contributed by atoms with Crippen LogP contribution in [-0.4, -0.2) is 52.4 Å². The largest absolute Gasteiger partial charge is 0.373 e. The van der Waals surface area contributed by atoms with Crippen LogP contribution < -0.4 is 0 Å². The first kappa shape index (κ1) is 34.6. The van der Waals surface area contributed by atoms with Crippen LogP contribution in [-0.2, 0) is 4.57 Å². The fourth-order valence-corrected chi connectivity index (χ4v) is 5.55. The molecule has 0 aliphatic heterocycles. The summed E-state index contributed by atoms with van der Waals surface area (Å²) in [7, 11) is 0.955. The highest BCUT2D eigenvalue weighted by Gasteiger charge is 2.48. The number of quaternary nitrogens is 1. The number of aliphatic hydroxyl groups is 1. The Balaban J connectivity index is 3.58. The third-order valence-corrected chi connectivity index (χ3v) is 7.97. The van der Waals surface area contributed by atoms with Gasteiger partial charge in [-0.25, -0.2) is 0 Å². The van der Waals surface area contributed by atoms with Crippen LogP contribution in [0.2, 0.25) is 0 Å². The third-order valence-electron chi connectivity index (χ3n) is 6.52. The summed E-state index contributed by atoms with van der Waals surface area (Å²) in [5.74, 6) is 0. The van der Waals surface area contributed by atoms with E-state index in [0.717, 1.165) is 25.7 Å². The molecule has 0 aromatic carbocycles. The summed E-state index contributed by atoms with van der Waals surface area (Å²) in [4.78, 5) is 19.2. The number of hydrogen-bond donors (Lipinski definition) is 3. The number of likely N-dealkylation sites (N-methyl/N-ethyl adjacent to an activating group) is 1. The maximum Gasteiger partial charge on any atom is 0.362 e. The lowest BCUT2D eigenvalue weighted by molar-refractivity contribution is -0.875.